The summed E-state index contributed by atoms with van der Waals surface area (Å²) in [4.78, 5) is 20.8. The van der Waals surface area contributed by atoms with Gasteiger partial charge in [-0.2, -0.15) is 4.98 Å². The second-order valence-electron chi connectivity index (χ2n) is 5.72. The number of nitroso groups, excluding NO2 is 1. The van der Waals surface area contributed by atoms with E-state index >= 15 is 0 Å². The number of pyridine rings is 2. The number of ether oxygens (including phenoxy) is 2. The summed E-state index contributed by atoms with van der Waals surface area (Å²) in [6.07, 6.45) is 3.46. The van der Waals surface area contributed by atoms with Gasteiger partial charge < -0.3 is 20.1 Å². The maximum atomic E-state index is 10.3. The number of hydrogen-bond acceptors (Lipinski definition) is 8. The highest BCUT2D eigenvalue weighted by atomic mass is 16.5. The third-order valence-corrected chi connectivity index (χ3v) is 3.57. The summed E-state index contributed by atoms with van der Waals surface area (Å²) in [6.45, 7) is 6.79. The van der Waals surface area contributed by atoms with E-state index in [1.165, 1.54) is 12.3 Å². The number of hydrogen-bond donors (Lipinski definition) is 1. The average Bonchev–Trinajstić information content (AvgIpc) is 2.65. The SMILES string of the molecule is CCCN(CCC)c1cc(N)nc(OCCOc2ccc(N=O)cn2)c1. The van der Waals surface area contributed by atoms with Gasteiger partial charge in [0.25, 0.3) is 0 Å². The lowest BCUT2D eigenvalue weighted by atomic mass is 10.3. The minimum Gasteiger partial charge on any atom is -0.474 e. The monoisotopic (exact) mass is 359 g/mol. The van der Waals surface area contributed by atoms with Crippen LogP contribution in [-0.2, 0) is 0 Å². The van der Waals surface area contributed by atoms with Crippen molar-refractivity contribution in [2.24, 2.45) is 5.18 Å². The van der Waals surface area contributed by atoms with Crippen molar-refractivity contribution in [2.75, 3.05) is 36.9 Å². The fourth-order valence-corrected chi connectivity index (χ4v) is 2.48. The third-order valence-electron chi connectivity index (χ3n) is 3.57. The molecule has 140 valence electrons. The second-order valence-corrected chi connectivity index (χ2v) is 5.72. The van der Waals surface area contributed by atoms with E-state index in [4.69, 9.17) is 15.2 Å². The van der Waals surface area contributed by atoms with Crippen LogP contribution in [0.3, 0.4) is 0 Å². The summed E-state index contributed by atoms with van der Waals surface area (Å²) in [5, 5.41) is 2.79. The topological polar surface area (TPSA) is 103 Å². The van der Waals surface area contributed by atoms with Crippen LogP contribution < -0.4 is 20.1 Å². The molecular weight excluding hydrogens is 334 g/mol. The van der Waals surface area contributed by atoms with Crippen LogP contribution in [0.5, 0.6) is 11.8 Å². The van der Waals surface area contributed by atoms with Crippen LogP contribution >= 0.6 is 0 Å². The molecule has 2 heterocycles. The molecule has 0 amide bonds. The lowest BCUT2D eigenvalue weighted by Gasteiger charge is -2.24. The highest BCUT2D eigenvalue weighted by Crippen LogP contribution is 2.23. The predicted octanol–water partition coefficient (Wildman–Crippen LogP) is 3.54. The standard InChI is InChI=1S/C18H25N5O3/c1-3-7-23(8-4-2)15-11-16(19)21-18(12-15)26-10-9-25-17-6-5-14(22-24)13-20-17/h5-6,11-13H,3-4,7-10H2,1-2H3,(H2,19,21). The van der Waals surface area contributed by atoms with Crippen molar-refractivity contribution in [3.63, 3.8) is 0 Å². The summed E-state index contributed by atoms with van der Waals surface area (Å²) >= 11 is 0. The molecule has 0 aliphatic heterocycles. The first-order chi connectivity index (χ1) is 12.7. The van der Waals surface area contributed by atoms with Gasteiger partial charge in [0.05, 0.1) is 6.20 Å². The molecule has 0 aromatic carbocycles. The van der Waals surface area contributed by atoms with E-state index < -0.39 is 0 Å². The number of rotatable bonds is 11. The van der Waals surface area contributed by atoms with Gasteiger partial charge in [0, 0.05) is 37.0 Å². The number of anilines is 2. The number of nitrogens with two attached hydrogens (primary N) is 1. The van der Waals surface area contributed by atoms with Gasteiger partial charge in [-0.3, -0.25) is 0 Å². The Morgan fingerprint density at radius 3 is 2.35 bits per heavy atom. The van der Waals surface area contributed by atoms with E-state index in [0.717, 1.165) is 31.6 Å². The van der Waals surface area contributed by atoms with Crippen molar-refractivity contribution in [3.8, 4) is 11.8 Å². The van der Waals surface area contributed by atoms with Crippen LogP contribution in [0.25, 0.3) is 0 Å². The lowest BCUT2D eigenvalue weighted by Crippen LogP contribution is -2.25. The molecule has 0 aliphatic rings. The Morgan fingerprint density at radius 2 is 1.77 bits per heavy atom. The molecule has 0 saturated carbocycles. The zero-order valence-corrected chi connectivity index (χ0v) is 15.2. The van der Waals surface area contributed by atoms with Gasteiger partial charge in [-0.25, -0.2) is 4.98 Å². The van der Waals surface area contributed by atoms with E-state index in [2.05, 4.69) is 33.9 Å². The average molecular weight is 359 g/mol. The zero-order chi connectivity index (χ0) is 18.8. The molecule has 0 unspecified atom stereocenters. The Morgan fingerprint density at radius 1 is 1.08 bits per heavy atom. The van der Waals surface area contributed by atoms with E-state index in [0.29, 0.717) is 30.8 Å². The third kappa shape index (κ3) is 5.87. The Labute approximate surface area is 153 Å². The molecule has 0 fully saturated rings. The Balaban J connectivity index is 1.90. The van der Waals surface area contributed by atoms with Crippen LogP contribution in [0.2, 0.25) is 0 Å². The van der Waals surface area contributed by atoms with Crippen LogP contribution in [0, 0.1) is 4.91 Å². The summed E-state index contributed by atoms with van der Waals surface area (Å²) in [5.41, 5.74) is 7.19. The summed E-state index contributed by atoms with van der Waals surface area (Å²) in [6, 6.07) is 6.88. The van der Waals surface area contributed by atoms with Crippen molar-refractivity contribution >= 4 is 17.2 Å². The highest BCUT2D eigenvalue weighted by Gasteiger charge is 2.09. The second kappa shape index (κ2) is 10.2. The van der Waals surface area contributed by atoms with Gasteiger partial charge >= 0.3 is 0 Å². The molecule has 2 aromatic rings. The van der Waals surface area contributed by atoms with Gasteiger partial charge in [0.15, 0.2) is 0 Å². The van der Waals surface area contributed by atoms with Crippen LogP contribution in [-0.4, -0.2) is 36.3 Å². The molecule has 26 heavy (non-hydrogen) atoms. The minimum absolute atomic E-state index is 0.258. The van der Waals surface area contributed by atoms with Gasteiger partial charge in [0.2, 0.25) is 11.8 Å². The van der Waals surface area contributed by atoms with Crippen LogP contribution in [0.1, 0.15) is 26.7 Å². The van der Waals surface area contributed by atoms with Gasteiger partial charge in [-0.1, -0.05) is 13.8 Å². The largest absolute Gasteiger partial charge is 0.474 e. The normalized spacial score (nSPS) is 10.4. The predicted molar refractivity (Wildman–Crippen MR) is 102 cm³/mol. The zero-order valence-electron chi connectivity index (χ0n) is 15.2. The molecule has 8 heteroatoms. The molecule has 2 N–H and O–H groups in total. The molecule has 0 atom stereocenters. The van der Waals surface area contributed by atoms with Crippen molar-refractivity contribution in [1.82, 2.24) is 9.97 Å². The summed E-state index contributed by atoms with van der Waals surface area (Å²) in [7, 11) is 0. The van der Waals surface area contributed by atoms with Crippen molar-refractivity contribution < 1.29 is 9.47 Å². The van der Waals surface area contributed by atoms with Crippen molar-refractivity contribution in [3.05, 3.63) is 35.4 Å². The Hall–Kier alpha value is -2.90. The number of aromatic nitrogens is 2. The van der Waals surface area contributed by atoms with Gasteiger partial charge in [-0.05, 0) is 24.1 Å². The maximum absolute atomic E-state index is 10.3. The van der Waals surface area contributed by atoms with Crippen LogP contribution in [0.15, 0.2) is 35.6 Å². The van der Waals surface area contributed by atoms with E-state index in [1.807, 2.05) is 12.1 Å². The maximum Gasteiger partial charge on any atom is 0.217 e. The fraction of sp³-hybridized carbons (Fsp3) is 0.444. The summed E-state index contributed by atoms with van der Waals surface area (Å²) < 4.78 is 11.1. The first-order valence-electron chi connectivity index (χ1n) is 8.73. The number of nitrogens with zero attached hydrogens (tertiary/aromatic N) is 4. The molecule has 2 rings (SSSR count). The molecule has 8 nitrogen and oxygen atoms in total. The highest BCUT2D eigenvalue weighted by molar-refractivity contribution is 5.55. The molecule has 0 aliphatic carbocycles. The quantitative estimate of drug-likeness (QED) is 0.483. The molecule has 2 aromatic heterocycles. The first kappa shape index (κ1) is 19.4. The Kier molecular flexibility index (Phi) is 7.60. The fourth-order valence-electron chi connectivity index (χ4n) is 2.48. The van der Waals surface area contributed by atoms with Gasteiger partial charge in [-0.15, -0.1) is 4.91 Å². The van der Waals surface area contributed by atoms with E-state index in [9.17, 15) is 4.91 Å². The molecule has 0 saturated heterocycles. The Bertz CT molecular complexity index is 688. The molecule has 0 spiro atoms. The van der Waals surface area contributed by atoms with Gasteiger partial charge in [0.1, 0.15) is 24.7 Å². The van der Waals surface area contributed by atoms with Crippen LogP contribution in [0.4, 0.5) is 17.2 Å². The summed E-state index contributed by atoms with van der Waals surface area (Å²) in [5.74, 6) is 1.29. The number of nitrogen functional groups attached to an aromatic ring is 1. The van der Waals surface area contributed by atoms with E-state index in [-0.39, 0.29) is 5.69 Å². The molecule has 0 bridgehead atoms. The molecule has 0 radical (unpaired) electrons. The first-order valence-corrected chi connectivity index (χ1v) is 8.73. The lowest BCUT2D eigenvalue weighted by molar-refractivity contribution is 0.207. The molecular formula is C18H25N5O3. The van der Waals surface area contributed by atoms with Crippen molar-refractivity contribution in [1.29, 1.82) is 0 Å². The smallest absolute Gasteiger partial charge is 0.217 e. The van der Waals surface area contributed by atoms with Crippen molar-refractivity contribution in [2.45, 2.75) is 26.7 Å². The minimum atomic E-state index is 0.258. The van der Waals surface area contributed by atoms with E-state index in [1.54, 1.807) is 6.07 Å².